The van der Waals surface area contributed by atoms with Crippen LogP contribution in [0.4, 0.5) is 4.39 Å². The highest BCUT2D eigenvalue weighted by molar-refractivity contribution is 5.40. The molecule has 0 spiro atoms. The molecule has 3 rings (SSSR count). The second-order valence-corrected chi connectivity index (χ2v) is 4.45. The number of hydrogen-bond donors (Lipinski definition) is 1. The third-order valence-electron chi connectivity index (χ3n) is 3.34. The van der Waals surface area contributed by atoms with Crippen LogP contribution in [-0.4, -0.2) is 11.7 Å². The number of fused-ring (bicyclic) bond motifs is 1. The van der Waals surface area contributed by atoms with Gasteiger partial charge in [0.2, 0.25) is 0 Å². The Morgan fingerprint density at radius 1 is 1.06 bits per heavy atom. The van der Waals surface area contributed by atoms with Gasteiger partial charge in [-0.15, -0.1) is 0 Å². The van der Waals surface area contributed by atoms with Crippen LogP contribution in [0.15, 0.2) is 48.5 Å². The predicted octanol–water partition coefficient (Wildman–Crippen LogP) is 3.04. The van der Waals surface area contributed by atoms with Crippen molar-refractivity contribution in [2.45, 2.75) is 12.0 Å². The third kappa shape index (κ3) is 1.87. The van der Waals surface area contributed by atoms with Crippen molar-refractivity contribution in [2.75, 3.05) is 6.61 Å². The second-order valence-electron chi connectivity index (χ2n) is 4.45. The molecular weight excluding hydrogens is 231 g/mol. The van der Waals surface area contributed by atoms with Crippen LogP contribution in [0.25, 0.3) is 0 Å². The number of benzene rings is 2. The number of aliphatic hydroxyl groups excluding tert-OH is 1. The maximum Gasteiger partial charge on any atom is 0.125 e. The molecular formula is C15H13FO2. The Kier molecular flexibility index (Phi) is 2.76. The van der Waals surface area contributed by atoms with Crippen LogP contribution in [0.5, 0.6) is 5.75 Å². The smallest absolute Gasteiger partial charge is 0.125 e. The predicted molar refractivity (Wildman–Crippen MR) is 66.0 cm³/mol. The molecule has 2 nitrogen and oxygen atoms in total. The number of aliphatic hydroxyl groups is 1. The lowest BCUT2D eigenvalue weighted by molar-refractivity contribution is 0.0889. The summed E-state index contributed by atoms with van der Waals surface area (Å²) in [6.07, 6.45) is -0.611. The van der Waals surface area contributed by atoms with E-state index in [-0.39, 0.29) is 11.7 Å². The van der Waals surface area contributed by atoms with Crippen molar-refractivity contribution in [3.8, 4) is 5.75 Å². The number of hydrogen-bond acceptors (Lipinski definition) is 2. The first-order valence-electron chi connectivity index (χ1n) is 5.91. The summed E-state index contributed by atoms with van der Waals surface area (Å²) >= 11 is 0. The van der Waals surface area contributed by atoms with E-state index in [1.165, 1.54) is 12.1 Å². The average Bonchev–Trinajstić information content (AvgIpc) is 2.41. The van der Waals surface area contributed by atoms with Gasteiger partial charge in [0.25, 0.3) is 0 Å². The SMILES string of the molecule is OC1c2ccccc2OCC1c1ccc(F)cc1. The molecule has 1 heterocycles. The van der Waals surface area contributed by atoms with Gasteiger partial charge in [-0.05, 0) is 23.8 Å². The van der Waals surface area contributed by atoms with Gasteiger partial charge in [-0.1, -0.05) is 30.3 Å². The fraction of sp³-hybridized carbons (Fsp3) is 0.200. The van der Waals surface area contributed by atoms with Crippen molar-refractivity contribution in [2.24, 2.45) is 0 Å². The minimum atomic E-state index is -0.611. The van der Waals surface area contributed by atoms with Crippen LogP contribution < -0.4 is 4.74 Å². The zero-order valence-electron chi connectivity index (χ0n) is 9.71. The molecule has 2 aromatic carbocycles. The Bertz CT molecular complexity index is 551. The zero-order chi connectivity index (χ0) is 12.5. The summed E-state index contributed by atoms with van der Waals surface area (Å²) in [6.45, 7) is 0.407. The Balaban J connectivity index is 1.95. The van der Waals surface area contributed by atoms with Crippen molar-refractivity contribution < 1.29 is 14.2 Å². The van der Waals surface area contributed by atoms with Crippen molar-refractivity contribution in [1.82, 2.24) is 0 Å². The molecule has 1 aliphatic heterocycles. The first kappa shape index (κ1) is 11.2. The van der Waals surface area contributed by atoms with Crippen LogP contribution in [0.3, 0.4) is 0 Å². The molecule has 0 bridgehead atoms. The van der Waals surface area contributed by atoms with E-state index >= 15 is 0 Å². The molecule has 0 amide bonds. The molecule has 18 heavy (non-hydrogen) atoms. The van der Waals surface area contributed by atoms with Gasteiger partial charge in [0.1, 0.15) is 11.6 Å². The summed E-state index contributed by atoms with van der Waals surface area (Å²) in [5, 5.41) is 10.4. The zero-order valence-corrected chi connectivity index (χ0v) is 9.71. The molecule has 0 fully saturated rings. The molecule has 0 aromatic heterocycles. The standard InChI is InChI=1S/C15H13FO2/c16-11-7-5-10(6-8-11)13-9-18-14-4-2-1-3-12(14)15(13)17/h1-8,13,15,17H,9H2. The maximum absolute atomic E-state index is 12.9. The van der Waals surface area contributed by atoms with E-state index in [1.807, 2.05) is 24.3 Å². The van der Waals surface area contributed by atoms with Gasteiger partial charge in [0, 0.05) is 11.5 Å². The highest BCUT2D eigenvalue weighted by atomic mass is 19.1. The van der Waals surface area contributed by atoms with E-state index in [0.29, 0.717) is 6.61 Å². The molecule has 92 valence electrons. The van der Waals surface area contributed by atoms with E-state index in [0.717, 1.165) is 16.9 Å². The minimum Gasteiger partial charge on any atom is -0.492 e. The summed E-state index contributed by atoms with van der Waals surface area (Å²) in [4.78, 5) is 0. The van der Waals surface area contributed by atoms with Gasteiger partial charge in [-0.25, -0.2) is 4.39 Å². The minimum absolute atomic E-state index is 0.152. The molecule has 0 saturated carbocycles. The van der Waals surface area contributed by atoms with Gasteiger partial charge in [-0.2, -0.15) is 0 Å². The number of para-hydroxylation sites is 1. The van der Waals surface area contributed by atoms with E-state index < -0.39 is 6.10 Å². The average molecular weight is 244 g/mol. The monoisotopic (exact) mass is 244 g/mol. The van der Waals surface area contributed by atoms with Gasteiger partial charge in [0.05, 0.1) is 12.7 Å². The van der Waals surface area contributed by atoms with Crippen LogP contribution >= 0.6 is 0 Å². The molecule has 1 aliphatic rings. The van der Waals surface area contributed by atoms with Crippen molar-refractivity contribution in [1.29, 1.82) is 0 Å². The van der Waals surface area contributed by atoms with Crippen LogP contribution in [0.2, 0.25) is 0 Å². The summed E-state index contributed by atoms with van der Waals surface area (Å²) in [6, 6.07) is 13.7. The van der Waals surface area contributed by atoms with E-state index in [4.69, 9.17) is 4.74 Å². The summed E-state index contributed by atoms with van der Waals surface area (Å²) in [7, 11) is 0. The lowest BCUT2D eigenvalue weighted by atomic mass is 9.87. The Morgan fingerprint density at radius 3 is 2.56 bits per heavy atom. The topological polar surface area (TPSA) is 29.5 Å². The molecule has 0 saturated heterocycles. The first-order valence-corrected chi connectivity index (χ1v) is 5.91. The van der Waals surface area contributed by atoms with Crippen LogP contribution in [0.1, 0.15) is 23.1 Å². The van der Waals surface area contributed by atoms with Gasteiger partial charge < -0.3 is 9.84 Å². The van der Waals surface area contributed by atoms with Crippen molar-refractivity contribution in [3.05, 3.63) is 65.5 Å². The molecule has 0 aliphatic carbocycles. The first-order chi connectivity index (χ1) is 8.75. The summed E-state index contributed by atoms with van der Waals surface area (Å²) in [5.41, 5.74) is 1.68. The molecule has 2 unspecified atom stereocenters. The van der Waals surface area contributed by atoms with Gasteiger partial charge in [-0.3, -0.25) is 0 Å². The van der Waals surface area contributed by atoms with Gasteiger partial charge in [0.15, 0.2) is 0 Å². The Morgan fingerprint density at radius 2 is 1.78 bits per heavy atom. The van der Waals surface area contributed by atoms with Crippen LogP contribution in [-0.2, 0) is 0 Å². The highest BCUT2D eigenvalue weighted by Gasteiger charge is 2.30. The van der Waals surface area contributed by atoms with Crippen molar-refractivity contribution >= 4 is 0 Å². The fourth-order valence-corrected chi connectivity index (χ4v) is 2.33. The Labute approximate surface area is 105 Å². The number of halogens is 1. The van der Waals surface area contributed by atoms with Crippen LogP contribution in [0, 0.1) is 5.82 Å². The molecule has 3 heteroatoms. The molecule has 1 N–H and O–H groups in total. The third-order valence-corrected chi connectivity index (χ3v) is 3.34. The molecule has 2 atom stereocenters. The second kappa shape index (κ2) is 4.42. The van der Waals surface area contributed by atoms with E-state index in [9.17, 15) is 9.50 Å². The summed E-state index contributed by atoms with van der Waals surface area (Å²) < 4.78 is 18.5. The van der Waals surface area contributed by atoms with Crippen molar-refractivity contribution in [3.63, 3.8) is 0 Å². The number of ether oxygens (including phenoxy) is 1. The normalized spacial score (nSPS) is 22.1. The quantitative estimate of drug-likeness (QED) is 0.835. The number of rotatable bonds is 1. The van der Waals surface area contributed by atoms with Gasteiger partial charge >= 0.3 is 0 Å². The Hall–Kier alpha value is -1.87. The van der Waals surface area contributed by atoms with E-state index in [1.54, 1.807) is 12.1 Å². The maximum atomic E-state index is 12.9. The highest BCUT2D eigenvalue weighted by Crippen LogP contribution is 2.40. The lowest BCUT2D eigenvalue weighted by Gasteiger charge is -2.30. The van der Waals surface area contributed by atoms with E-state index in [2.05, 4.69) is 0 Å². The molecule has 2 aromatic rings. The summed E-state index contributed by atoms with van der Waals surface area (Å²) in [5.74, 6) is 0.300. The molecule has 0 radical (unpaired) electrons. The fourth-order valence-electron chi connectivity index (χ4n) is 2.33. The largest absolute Gasteiger partial charge is 0.492 e. The lowest BCUT2D eigenvalue weighted by Crippen LogP contribution is -2.24.